The summed E-state index contributed by atoms with van der Waals surface area (Å²) in [6.07, 6.45) is 3.56. The van der Waals surface area contributed by atoms with Gasteiger partial charge < -0.3 is 9.80 Å². The Morgan fingerprint density at radius 3 is 2.56 bits per heavy atom. The van der Waals surface area contributed by atoms with Gasteiger partial charge in [-0.2, -0.15) is 5.10 Å². The molecule has 2 aromatic heterocycles. The Kier molecular flexibility index (Phi) is 6.03. The summed E-state index contributed by atoms with van der Waals surface area (Å²) in [6.45, 7) is 2.75. The first-order valence-electron chi connectivity index (χ1n) is 11.9. The Morgan fingerprint density at radius 2 is 1.72 bits per heavy atom. The lowest BCUT2D eigenvalue weighted by molar-refractivity contribution is -0.128. The van der Waals surface area contributed by atoms with E-state index in [9.17, 15) is 9.18 Å². The van der Waals surface area contributed by atoms with Crippen LogP contribution in [0, 0.1) is 5.82 Å². The number of carbonyl (C=O) groups excluding carboxylic acids is 1. The van der Waals surface area contributed by atoms with Crippen molar-refractivity contribution in [3.63, 3.8) is 0 Å². The maximum Gasteiger partial charge on any atom is 0.233 e. The lowest BCUT2D eigenvalue weighted by Crippen LogP contribution is -2.49. The van der Waals surface area contributed by atoms with Crippen molar-refractivity contribution in [1.29, 1.82) is 0 Å². The fourth-order valence-electron chi connectivity index (χ4n) is 4.68. The minimum Gasteiger partial charge on any atom is -0.368 e. The van der Waals surface area contributed by atoms with Gasteiger partial charge in [-0.1, -0.05) is 54.2 Å². The van der Waals surface area contributed by atoms with Gasteiger partial charge in [0, 0.05) is 49.8 Å². The van der Waals surface area contributed by atoms with E-state index in [2.05, 4.69) is 34.1 Å². The Balaban J connectivity index is 1.15. The Bertz CT molecular complexity index is 1540. The van der Waals surface area contributed by atoms with Crippen molar-refractivity contribution in [1.82, 2.24) is 19.5 Å². The largest absolute Gasteiger partial charge is 0.368 e. The molecule has 0 radical (unpaired) electrons. The number of nitrogens with zero attached hydrogens (tertiary/aromatic N) is 5. The van der Waals surface area contributed by atoms with Gasteiger partial charge in [-0.15, -0.1) is 0 Å². The van der Waals surface area contributed by atoms with Crippen LogP contribution in [0.2, 0.25) is 0 Å². The molecule has 0 atom stereocenters. The van der Waals surface area contributed by atoms with E-state index in [4.69, 9.17) is 5.10 Å². The number of aromatic nitrogens is 3. The van der Waals surface area contributed by atoms with Gasteiger partial charge in [-0.05, 0) is 41.1 Å². The summed E-state index contributed by atoms with van der Waals surface area (Å²) in [5, 5.41) is 7.90. The molecule has 180 valence electrons. The fraction of sp³-hybridized carbons (Fsp3) is 0.179. The van der Waals surface area contributed by atoms with Gasteiger partial charge in [0.1, 0.15) is 10.8 Å². The van der Waals surface area contributed by atoms with Crippen molar-refractivity contribution in [3.8, 4) is 11.3 Å². The van der Waals surface area contributed by atoms with Gasteiger partial charge in [0.05, 0.1) is 17.0 Å². The van der Waals surface area contributed by atoms with Crippen molar-refractivity contribution in [2.24, 2.45) is 0 Å². The SMILES string of the molecule is O=C(CSc1nccn2nc(-c3cccc4ccccc34)cc12)N1CCN(c2ccc(F)cc2)CC1. The van der Waals surface area contributed by atoms with Crippen LogP contribution in [0.5, 0.6) is 0 Å². The summed E-state index contributed by atoms with van der Waals surface area (Å²) in [7, 11) is 0. The minimum absolute atomic E-state index is 0.0938. The smallest absolute Gasteiger partial charge is 0.233 e. The zero-order valence-corrected chi connectivity index (χ0v) is 20.4. The molecule has 0 bridgehead atoms. The molecule has 0 saturated carbocycles. The average molecular weight is 498 g/mol. The van der Waals surface area contributed by atoms with E-state index in [1.165, 1.54) is 29.3 Å². The zero-order chi connectivity index (χ0) is 24.5. The van der Waals surface area contributed by atoms with Crippen LogP contribution in [0.15, 0.2) is 90.2 Å². The van der Waals surface area contributed by atoms with Crippen molar-refractivity contribution in [2.75, 3.05) is 36.8 Å². The van der Waals surface area contributed by atoms with Crippen LogP contribution in [0.25, 0.3) is 27.5 Å². The summed E-state index contributed by atoms with van der Waals surface area (Å²) in [4.78, 5) is 21.6. The number of hydrogen-bond donors (Lipinski definition) is 0. The van der Waals surface area contributed by atoms with E-state index < -0.39 is 0 Å². The molecule has 8 heteroatoms. The summed E-state index contributed by atoms with van der Waals surface area (Å²) in [5.74, 6) is 0.171. The lowest BCUT2D eigenvalue weighted by atomic mass is 10.0. The van der Waals surface area contributed by atoms with Crippen LogP contribution in [0.1, 0.15) is 0 Å². The third kappa shape index (κ3) is 4.40. The molecule has 1 fully saturated rings. The number of anilines is 1. The molecule has 36 heavy (non-hydrogen) atoms. The van der Waals surface area contributed by atoms with Crippen molar-refractivity contribution in [2.45, 2.75) is 5.03 Å². The maximum atomic E-state index is 13.2. The molecule has 1 saturated heterocycles. The first-order valence-corrected chi connectivity index (χ1v) is 12.9. The van der Waals surface area contributed by atoms with Gasteiger partial charge in [-0.25, -0.2) is 13.9 Å². The molecule has 5 aromatic rings. The third-order valence-corrected chi connectivity index (χ3v) is 7.56. The van der Waals surface area contributed by atoms with Gasteiger partial charge in [0.25, 0.3) is 0 Å². The van der Waals surface area contributed by atoms with E-state index in [0.717, 1.165) is 46.0 Å². The van der Waals surface area contributed by atoms with Gasteiger partial charge in [0.15, 0.2) is 0 Å². The van der Waals surface area contributed by atoms with E-state index >= 15 is 0 Å². The van der Waals surface area contributed by atoms with Crippen LogP contribution in [0.3, 0.4) is 0 Å². The molecule has 1 aliphatic rings. The topological polar surface area (TPSA) is 53.7 Å². The average Bonchev–Trinajstić information content (AvgIpc) is 3.37. The summed E-state index contributed by atoms with van der Waals surface area (Å²) in [6, 6.07) is 23.1. The predicted molar refractivity (Wildman–Crippen MR) is 142 cm³/mol. The molecule has 1 aliphatic heterocycles. The number of rotatable bonds is 5. The number of piperazine rings is 1. The Labute approximate surface area is 212 Å². The number of carbonyl (C=O) groups is 1. The normalized spacial score (nSPS) is 14.0. The van der Waals surface area contributed by atoms with Crippen LogP contribution >= 0.6 is 11.8 Å². The van der Waals surface area contributed by atoms with Crippen molar-refractivity contribution in [3.05, 3.63) is 91.0 Å². The van der Waals surface area contributed by atoms with Crippen molar-refractivity contribution >= 4 is 39.6 Å². The van der Waals surface area contributed by atoms with Crippen molar-refractivity contribution < 1.29 is 9.18 Å². The van der Waals surface area contributed by atoms with Crippen LogP contribution < -0.4 is 4.90 Å². The number of amides is 1. The van der Waals surface area contributed by atoms with Crippen LogP contribution in [-0.2, 0) is 4.79 Å². The number of halogens is 1. The highest BCUT2D eigenvalue weighted by atomic mass is 32.2. The predicted octanol–water partition coefficient (Wildman–Crippen LogP) is 5.13. The number of thioether (sulfide) groups is 1. The maximum absolute atomic E-state index is 13.2. The molecule has 6 rings (SSSR count). The molecule has 1 amide bonds. The summed E-state index contributed by atoms with van der Waals surface area (Å²) in [5.41, 5.74) is 3.82. The second-order valence-electron chi connectivity index (χ2n) is 8.75. The molecule has 0 spiro atoms. The van der Waals surface area contributed by atoms with E-state index in [1.807, 2.05) is 39.9 Å². The Morgan fingerprint density at radius 1 is 0.944 bits per heavy atom. The Hall–Kier alpha value is -3.91. The summed E-state index contributed by atoms with van der Waals surface area (Å²) >= 11 is 1.44. The number of fused-ring (bicyclic) bond motifs is 2. The van der Waals surface area contributed by atoms with Gasteiger partial charge in [0.2, 0.25) is 5.91 Å². The molecule has 0 N–H and O–H groups in total. The molecular weight excluding hydrogens is 473 g/mol. The monoisotopic (exact) mass is 497 g/mol. The number of benzene rings is 3. The second kappa shape index (κ2) is 9.62. The molecule has 0 unspecified atom stereocenters. The molecule has 3 aromatic carbocycles. The second-order valence-corrected chi connectivity index (χ2v) is 9.72. The quantitative estimate of drug-likeness (QED) is 0.315. The highest BCUT2D eigenvalue weighted by Gasteiger charge is 2.22. The molecule has 3 heterocycles. The first kappa shape index (κ1) is 22.5. The molecule has 0 aliphatic carbocycles. The first-order chi connectivity index (χ1) is 17.7. The highest BCUT2D eigenvalue weighted by molar-refractivity contribution is 8.00. The lowest BCUT2D eigenvalue weighted by Gasteiger charge is -2.36. The third-order valence-electron chi connectivity index (χ3n) is 6.58. The van der Waals surface area contributed by atoms with Crippen LogP contribution in [-0.4, -0.2) is 57.3 Å². The fourth-order valence-corrected chi connectivity index (χ4v) is 5.56. The van der Waals surface area contributed by atoms with E-state index in [1.54, 1.807) is 18.3 Å². The van der Waals surface area contributed by atoms with E-state index in [0.29, 0.717) is 18.8 Å². The summed E-state index contributed by atoms with van der Waals surface area (Å²) < 4.78 is 15.0. The molecule has 6 nitrogen and oxygen atoms in total. The number of hydrogen-bond acceptors (Lipinski definition) is 5. The highest BCUT2D eigenvalue weighted by Crippen LogP contribution is 2.31. The standard InChI is InChI=1S/C28H24FN5OS/c29-21-8-10-22(11-9-21)32-14-16-33(17-15-32)27(35)19-36-28-26-18-25(31-34(26)13-12-30-28)24-7-3-5-20-4-1-2-6-23(20)24/h1-13,18H,14-17,19H2. The van der Waals surface area contributed by atoms with Gasteiger partial charge >= 0.3 is 0 Å². The van der Waals surface area contributed by atoms with E-state index in [-0.39, 0.29) is 11.7 Å². The zero-order valence-electron chi connectivity index (χ0n) is 19.5. The van der Waals surface area contributed by atoms with Gasteiger partial charge in [-0.3, -0.25) is 4.79 Å². The molecular formula is C28H24FN5OS. The van der Waals surface area contributed by atoms with Crippen LogP contribution in [0.4, 0.5) is 10.1 Å². The minimum atomic E-state index is -0.240.